The number of rotatable bonds is 15. The lowest BCUT2D eigenvalue weighted by Gasteiger charge is -2.13. The number of amides is 10. The van der Waals surface area contributed by atoms with Gasteiger partial charge >= 0.3 is 35.7 Å². The highest BCUT2D eigenvalue weighted by Crippen LogP contribution is 2.24. The van der Waals surface area contributed by atoms with E-state index in [4.69, 9.17) is 9.47 Å². The zero-order chi connectivity index (χ0) is 43.3. The van der Waals surface area contributed by atoms with E-state index in [9.17, 15) is 38.4 Å². The Morgan fingerprint density at radius 1 is 0.400 bits per heavy atom. The summed E-state index contributed by atoms with van der Waals surface area (Å²) in [5.74, 6) is -4.83. The summed E-state index contributed by atoms with van der Waals surface area (Å²) in [4.78, 5) is 100. The lowest BCUT2D eigenvalue weighted by Crippen LogP contribution is -2.47. The molecule has 10 amide bonds. The molecule has 0 aliphatic carbocycles. The standard InChI is InChI=1S/C40H44N10O10/c1-59-31-21-11-9-19-29(31)45-37(55)35(53)43-27-17-7-5-15-25(27)33(51)47-49-39(57)41-23-13-3-4-14-24-42-40(58)50-48-34(52)26-16-6-8-18-28(26)44-36(54)38(56)46-30-20-10-12-22-32(30)60-2/h5-12,15-22H,3-4,13-14,23-24H2,1-2H3,(H,43,53)(H,44,54)(H,45,55)(H,46,56)(H,47,51)(H,48,52)(H2,41,49,57)(H2,42,50,58). The van der Waals surface area contributed by atoms with Crippen LogP contribution in [-0.2, 0) is 19.2 Å². The fourth-order valence-corrected chi connectivity index (χ4v) is 5.25. The smallest absolute Gasteiger partial charge is 0.333 e. The molecule has 10 N–H and O–H groups in total. The van der Waals surface area contributed by atoms with E-state index in [2.05, 4.69) is 53.6 Å². The van der Waals surface area contributed by atoms with Crippen LogP contribution in [0.1, 0.15) is 46.4 Å². The van der Waals surface area contributed by atoms with Crippen LogP contribution in [0.15, 0.2) is 97.1 Å². The highest BCUT2D eigenvalue weighted by molar-refractivity contribution is 6.44. The molecule has 0 aromatic heterocycles. The summed E-state index contributed by atoms with van der Waals surface area (Å²) in [5.41, 5.74) is 9.58. The van der Waals surface area contributed by atoms with Gasteiger partial charge in [-0.15, -0.1) is 0 Å². The Bertz CT molecular complexity index is 2050. The minimum absolute atomic E-state index is 0.0131. The van der Waals surface area contributed by atoms with E-state index < -0.39 is 47.5 Å². The molecular weight excluding hydrogens is 780 g/mol. The van der Waals surface area contributed by atoms with Crippen LogP contribution in [-0.4, -0.2) is 74.8 Å². The Kier molecular flexibility index (Phi) is 17.2. The second kappa shape index (κ2) is 23.2. The van der Waals surface area contributed by atoms with E-state index in [0.717, 1.165) is 0 Å². The molecular formula is C40H44N10O10. The second-order valence-corrected chi connectivity index (χ2v) is 12.4. The quantitative estimate of drug-likeness (QED) is 0.0476. The van der Waals surface area contributed by atoms with Crippen LogP contribution in [0.5, 0.6) is 11.5 Å². The zero-order valence-electron chi connectivity index (χ0n) is 32.6. The van der Waals surface area contributed by atoms with Gasteiger partial charge in [0.1, 0.15) is 11.5 Å². The molecule has 0 fully saturated rings. The van der Waals surface area contributed by atoms with Crippen molar-refractivity contribution in [3.63, 3.8) is 0 Å². The Hall–Kier alpha value is -8.16. The van der Waals surface area contributed by atoms with Crippen LogP contribution in [0.25, 0.3) is 0 Å². The van der Waals surface area contributed by atoms with E-state index in [1.807, 2.05) is 0 Å². The number of carbonyl (C=O) groups is 8. The largest absolute Gasteiger partial charge is 0.495 e. The predicted octanol–water partition coefficient (Wildman–Crippen LogP) is 3.01. The molecule has 0 unspecified atom stereocenters. The first kappa shape index (κ1) is 44.6. The van der Waals surface area contributed by atoms with Crippen molar-refractivity contribution in [2.75, 3.05) is 48.6 Å². The minimum Gasteiger partial charge on any atom is -0.495 e. The number of ether oxygens (including phenoxy) is 2. The lowest BCUT2D eigenvalue weighted by molar-refractivity contribution is -0.133. The fraction of sp³-hybridized carbons (Fsp3) is 0.200. The second-order valence-electron chi connectivity index (χ2n) is 12.4. The molecule has 4 rings (SSSR count). The van der Waals surface area contributed by atoms with Gasteiger partial charge in [-0.1, -0.05) is 61.4 Å². The third kappa shape index (κ3) is 13.8. The monoisotopic (exact) mass is 824 g/mol. The van der Waals surface area contributed by atoms with Gasteiger partial charge in [0.05, 0.1) is 48.1 Å². The number of methoxy groups -OCH3 is 2. The Labute approximate surface area is 343 Å². The number of para-hydroxylation sites is 6. The first-order chi connectivity index (χ1) is 29.0. The maximum atomic E-state index is 12.8. The molecule has 0 bridgehead atoms. The summed E-state index contributed by atoms with van der Waals surface area (Å²) in [6, 6.07) is 23.5. The molecule has 0 spiro atoms. The van der Waals surface area contributed by atoms with Gasteiger partial charge < -0.3 is 41.4 Å². The molecule has 20 heteroatoms. The molecule has 0 radical (unpaired) electrons. The highest BCUT2D eigenvalue weighted by atomic mass is 16.5. The van der Waals surface area contributed by atoms with E-state index in [1.165, 1.54) is 38.5 Å². The molecule has 20 nitrogen and oxygen atoms in total. The van der Waals surface area contributed by atoms with E-state index in [1.54, 1.807) is 72.8 Å². The van der Waals surface area contributed by atoms with Crippen LogP contribution in [0.3, 0.4) is 0 Å². The number of hydrogen-bond donors (Lipinski definition) is 10. The molecule has 0 aliphatic rings. The average molecular weight is 825 g/mol. The van der Waals surface area contributed by atoms with Crippen molar-refractivity contribution < 1.29 is 47.8 Å². The van der Waals surface area contributed by atoms with Gasteiger partial charge in [-0.25, -0.2) is 20.4 Å². The number of urea groups is 2. The van der Waals surface area contributed by atoms with Crippen LogP contribution in [0.4, 0.5) is 32.3 Å². The minimum atomic E-state index is -1.03. The highest BCUT2D eigenvalue weighted by Gasteiger charge is 2.21. The molecule has 0 saturated heterocycles. The maximum absolute atomic E-state index is 12.8. The molecule has 314 valence electrons. The molecule has 4 aromatic rings. The van der Waals surface area contributed by atoms with Gasteiger partial charge in [0.2, 0.25) is 0 Å². The van der Waals surface area contributed by atoms with Crippen LogP contribution >= 0.6 is 0 Å². The van der Waals surface area contributed by atoms with Crippen LogP contribution in [0, 0.1) is 0 Å². The van der Waals surface area contributed by atoms with Gasteiger partial charge in [-0.05, 0) is 61.4 Å². The van der Waals surface area contributed by atoms with Crippen molar-refractivity contribution in [1.82, 2.24) is 32.3 Å². The van der Waals surface area contributed by atoms with Crippen molar-refractivity contribution in [3.8, 4) is 11.5 Å². The van der Waals surface area contributed by atoms with Gasteiger partial charge in [-0.2, -0.15) is 0 Å². The maximum Gasteiger partial charge on any atom is 0.333 e. The predicted molar refractivity (Wildman–Crippen MR) is 220 cm³/mol. The average Bonchev–Trinajstić information content (AvgIpc) is 3.26. The molecule has 0 saturated carbocycles. The number of hydrogen-bond acceptors (Lipinski definition) is 10. The summed E-state index contributed by atoms with van der Waals surface area (Å²) in [6.07, 6.45) is 2.58. The Morgan fingerprint density at radius 3 is 1.08 bits per heavy atom. The number of hydrazine groups is 2. The van der Waals surface area contributed by atoms with Gasteiger partial charge in [0.15, 0.2) is 0 Å². The third-order valence-electron chi connectivity index (χ3n) is 8.22. The lowest BCUT2D eigenvalue weighted by atomic mass is 10.1. The van der Waals surface area contributed by atoms with Crippen molar-refractivity contribution in [2.45, 2.75) is 25.7 Å². The van der Waals surface area contributed by atoms with E-state index >= 15 is 0 Å². The van der Waals surface area contributed by atoms with E-state index in [-0.39, 0.29) is 47.0 Å². The van der Waals surface area contributed by atoms with Gasteiger partial charge in [0, 0.05) is 13.1 Å². The molecule has 60 heavy (non-hydrogen) atoms. The number of anilines is 4. The van der Waals surface area contributed by atoms with Crippen molar-refractivity contribution in [1.29, 1.82) is 0 Å². The van der Waals surface area contributed by atoms with Crippen LogP contribution < -0.4 is 63.1 Å². The Morgan fingerprint density at radius 2 is 0.717 bits per heavy atom. The fourth-order valence-electron chi connectivity index (χ4n) is 5.25. The summed E-state index contributed by atoms with van der Waals surface area (Å²) >= 11 is 0. The van der Waals surface area contributed by atoms with Crippen molar-refractivity contribution >= 4 is 70.3 Å². The Balaban J connectivity index is 1.07. The first-order valence-corrected chi connectivity index (χ1v) is 18.4. The number of nitrogens with one attached hydrogen (secondary N) is 10. The first-order valence-electron chi connectivity index (χ1n) is 18.4. The molecule has 0 aliphatic heterocycles. The molecule has 0 atom stereocenters. The topological polar surface area (TPSA) is 275 Å². The van der Waals surface area contributed by atoms with Crippen molar-refractivity contribution in [2.24, 2.45) is 0 Å². The summed E-state index contributed by atoms with van der Waals surface area (Å²) in [5, 5.41) is 14.9. The van der Waals surface area contributed by atoms with Crippen molar-refractivity contribution in [3.05, 3.63) is 108 Å². The van der Waals surface area contributed by atoms with Crippen LogP contribution in [0.2, 0.25) is 0 Å². The SMILES string of the molecule is COc1ccccc1NC(=O)C(=O)Nc1ccccc1C(=O)NNC(=O)NCCCCCCNC(=O)NNC(=O)c1ccccc1NC(=O)C(=O)Nc1ccccc1OC. The number of unbranched alkanes of at least 4 members (excludes halogenated alkanes) is 3. The van der Waals surface area contributed by atoms with E-state index in [0.29, 0.717) is 37.2 Å². The van der Waals surface area contributed by atoms with Gasteiger partial charge in [-0.3, -0.25) is 39.6 Å². The zero-order valence-corrected chi connectivity index (χ0v) is 32.6. The number of carbonyl (C=O) groups excluding carboxylic acids is 8. The number of benzene rings is 4. The molecule has 4 aromatic carbocycles. The summed E-state index contributed by atoms with van der Waals surface area (Å²) < 4.78 is 10.3. The third-order valence-corrected chi connectivity index (χ3v) is 8.22. The summed E-state index contributed by atoms with van der Waals surface area (Å²) in [6.45, 7) is 0.563. The molecule has 0 heterocycles. The van der Waals surface area contributed by atoms with Gasteiger partial charge in [0.25, 0.3) is 11.8 Å². The summed E-state index contributed by atoms with van der Waals surface area (Å²) in [7, 11) is 2.84. The normalized spacial score (nSPS) is 10.1.